The molecule has 0 nitrogen and oxygen atoms in total. The smallest absolute Gasteiger partial charge is 0.0622 e. The Labute approximate surface area is 133 Å². The van der Waals surface area contributed by atoms with Crippen LogP contribution in [0.25, 0.3) is 0 Å². The van der Waals surface area contributed by atoms with Crippen LogP contribution in [0, 0.1) is 5.92 Å². The Morgan fingerprint density at radius 1 is 0.591 bits per heavy atom. The molecule has 0 saturated carbocycles. The summed E-state index contributed by atoms with van der Waals surface area (Å²) >= 11 is 0. The molecule has 0 unspecified atom stereocenters. The maximum Gasteiger partial charge on any atom is 0.0629 e. The fourth-order valence-corrected chi connectivity index (χ4v) is 2.76. The first kappa shape index (κ1) is 14.6. The van der Waals surface area contributed by atoms with Crippen LogP contribution in [0.4, 0.5) is 0 Å². The first-order chi connectivity index (χ1) is 10.8. The Balaban J connectivity index is 2.12. The highest BCUT2D eigenvalue weighted by Gasteiger charge is 2.17. The van der Waals surface area contributed by atoms with Crippen molar-refractivity contribution in [2.75, 3.05) is 0 Å². The molecule has 0 amide bonds. The highest BCUT2D eigenvalue weighted by molar-refractivity contribution is 5.57. The van der Waals surface area contributed by atoms with E-state index in [4.69, 9.17) is 0 Å². The second-order valence-corrected chi connectivity index (χ2v) is 5.89. The molecule has 0 aromatic heterocycles. The Hall–Kier alpha value is -2.34. The van der Waals surface area contributed by atoms with Crippen molar-refractivity contribution >= 4 is 0 Å². The Kier molecular flexibility index (Phi) is 4.39. The predicted molar refractivity (Wildman–Crippen MR) is 94.0 cm³/mol. The number of hydrogen-bond acceptors (Lipinski definition) is 0. The van der Waals surface area contributed by atoms with Gasteiger partial charge in [-0.2, -0.15) is 0 Å². The largest absolute Gasteiger partial charge is 0.0629 e. The van der Waals surface area contributed by atoms with Gasteiger partial charge in [-0.15, -0.1) is 0 Å². The van der Waals surface area contributed by atoms with Gasteiger partial charge in [0.15, 0.2) is 0 Å². The van der Waals surface area contributed by atoms with E-state index < -0.39 is 0 Å². The molecule has 22 heavy (non-hydrogen) atoms. The van der Waals surface area contributed by atoms with E-state index in [-0.39, 0.29) is 0 Å². The molecule has 3 rings (SSSR count). The van der Waals surface area contributed by atoms with Crippen LogP contribution in [-0.4, -0.2) is 0 Å². The predicted octanol–water partition coefficient (Wildman–Crippen LogP) is 5.83. The second kappa shape index (κ2) is 6.62. The molecular weight excluding hydrogens is 264 g/mol. The summed E-state index contributed by atoms with van der Waals surface area (Å²) < 4.78 is 0. The van der Waals surface area contributed by atoms with Gasteiger partial charge in [-0.25, -0.2) is 0 Å². The summed E-state index contributed by atoms with van der Waals surface area (Å²) in [6, 6.07) is 30.2. The molecule has 0 aliphatic heterocycles. The van der Waals surface area contributed by atoms with E-state index in [9.17, 15) is 0 Å². The summed E-state index contributed by atoms with van der Waals surface area (Å²) in [6.07, 6.45) is 0. The fraction of sp³-hybridized carbons (Fsp3) is 0.136. The van der Waals surface area contributed by atoms with Gasteiger partial charge in [0.25, 0.3) is 0 Å². The molecule has 0 aliphatic rings. The summed E-state index contributed by atoms with van der Waals surface area (Å²) in [6.45, 7) is 4.48. The minimum atomic E-state index is 0.535. The molecule has 0 saturated heterocycles. The normalized spacial score (nSPS) is 11.1. The molecule has 3 aromatic rings. The van der Waals surface area contributed by atoms with Crippen LogP contribution in [0.1, 0.15) is 42.0 Å². The first-order valence-corrected chi connectivity index (χ1v) is 7.84. The van der Waals surface area contributed by atoms with Crippen LogP contribution in [0.15, 0.2) is 84.9 Å². The van der Waals surface area contributed by atoms with Crippen LogP contribution in [-0.2, 0) is 0 Å². The van der Waals surface area contributed by atoms with Gasteiger partial charge < -0.3 is 0 Å². The molecule has 0 N–H and O–H groups in total. The number of hydrogen-bond donors (Lipinski definition) is 0. The first-order valence-electron chi connectivity index (χ1n) is 7.84. The molecule has 0 spiro atoms. The van der Waals surface area contributed by atoms with Crippen molar-refractivity contribution in [1.82, 2.24) is 0 Å². The van der Waals surface area contributed by atoms with Crippen molar-refractivity contribution in [1.29, 1.82) is 0 Å². The lowest BCUT2D eigenvalue weighted by atomic mass is 9.84. The van der Waals surface area contributed by atoms with Gasteiger partial charge in [0.1, 0.15) is 0 Å². The Morgan fingerprint density at radius 3 is 1.59 bits per heavy atom. The summed E-state index contributed by atoms with van der Waals surface area (Å²) in [5.41, 5.74) is 5.18. The van der Waals surface area contributed by atoms with E-state index in [0.29, 0.717) is 5.92 Å². The minimum Gasteiger partial charge on any atom is -0.0622 e. The zero-order valence-corrected chi connectivity index (χ0v) is 13.2. The highest BCUT2D eigenvalue weighted by Crippen LogP contribution is 2.32. The lowest BCUT2D eigenvalue weighted by Gasteiger charge is -2.19. The van der Waals surface area contributed by atoms with Crippen LogP contribution in [0.3, 0.4) is 0 Å². The topological polar surface area (TPSA) is 0 Å². The highest BCUT2D eigenvalue weighted by atomic mass is 14.2. The summed E-state index contributed by atoms with van der Waals surface area (Å²) in [5, 5.41) is 0. The Morgan fingerprint density at radius 2 is 1.09 bits per heavy atom. The molecule has 0 fully saturated rings. The average molecular weight is 285 g/mol. The maximum atomic E-state index is 2.32. The quantitative estimate of drug-likeness (QED) is 0.529. The van der Waals surface area contributed by atoms with Crippen molar-refractivity contribution in [3.05, 3.63) is 113 Å². The van der Waals surface area contributed by atoms with E-state index in [1.807, 2.05) is 0 Å². The zero-order valence-electron chi connectivity index (χ0n) is 13.2. The van der Waals surface area contributed by atoms with Crippen molar-refractivity contribution < 1.29 is 0 Å². The zero-order chi connectivity index (χ0) is 15.4. The fourth-order valence-electron chi connectivity index (χ4n) is 2.76. The third kappa shape index (κ3) is 3.12. The van der Waals surface area contributed by atoms with Crippen LogP contribution in [0.5, 0.6) is 0 Å². The van der Waals surface area contributed by atoms with E-state index >= 15 is 0 Å². The summed E-state index contributed by atoms with van der Waals surface area (Å²) in [4.78, 5) is 0. The van der Waals surface area contributed by atoms with Crippen molar-refractivity contribution in [2.45, 2.75) is 19.8 Å². The number of benzene rings is 3. The van der Waals surface area contributed by atoms with Crippen molar-refractivity contribution in [3.63, 3.8) is 0 Å². The van der Waals surface area contributed by atoms with Crippen molar-refractivity contribution in [2.24, 2.45) is 0 Å². The van der Waals surface area contributed by atoms with Crippen LogP contribution < -0.4 is 0 Å². The minimum absolute atomic E-state index is 0.535. The molecule has 0 heterocycles. The third-order valence-electron chi connectivity index (χ3n) is 3.97. The van der Waals surface area contributed by atoms with Gasteiger partial charge in [0.05, 0.1) is 5.92 Å². The maximum absolute atomic E-state index is 2.32. The lowest BCUT2D eigenvalue weighted by molar-refractivity contribution is 0.864. The monoisotopic (exact) mass is 285 g/mol. The van der Waals surface area contributed by atoms with Gasteiger partial charge in [0, 0.05) is 0 Å². The second-order valence-electron chi connectivity index (χ2n) is 5.89. The lowest BCUT2D eigenvalue weighted by Crippen LogP contribution is -2.05. The molecule has 0 bridgehead atoms. The van der Waals surface area contributed by atoms with Crippen LogP contribution in [0.2, 0.25) is 0 Å². The molecule has 109 valence electrons. The van der Waals surface area contributed by atoms with Gasteiger partial charge in [-0.1, -0.05) is 98.8 Å². The van der Waals surface area contributed by atoms with Gasteiger partial charge in [-0.3, -0.25) is 0 Å². The molecule has 0 heteroatoms. The standard InChI is InChI=1S/C22H21/c1-17(2)20-14-9-15-21(16-20)22(18-10-5-3-6-11-18)19-12-7-4-8-13-19/h3-17H,1-2H3. The number of rotatable bonds is 4. The van der Waals surface area contributed by atoms with Crippen molar-refractivity contribution in [3.8, 4) is 0 Å². The summed E-state index contributed by atoms with van der Waals surface area (Å²) in [5.74, 6) is 1.83. The van der Waals surface area contributed by atoms with E-state index in [0.717, 1.165) is 0 Å². The molecule has 3 aromatic carbocycles. The van der Waals surface area contributed by atoms with Gasteiger partial charge >= 0.3 is 0 Å². The van der Waals surface area contributed by atoms with Gasteiger partial charge in [0.2, 0.25) is 0 Å². The third-order valence-corrected chi connectivity index (χ3v) is 3.97. The van der Waals surface area contributed by atoms with E-state index in [1.54, 1.807) is 0 Å². The Bertz CT molecular complexity index is 672. The van der Waals surface area contributed by atoms with E-state index in [2.05, 4.69) is 98.8 Å². The molecule has 1 radical (unpaired) electrons. The molecular formula is C22H21. The summed E-state index contributed by atoms with van der Waals surface area (Å²) in [7, 11) is 0. The van der Waals surface area contributed by atoms with E-state index in [1.165, 1.54) is 28.2 Å². The molecule has 0 aliphatic carbocycles. The molecule has 0 atom stereocenters. The van der Waals surface area contributed by atoms with Crippen LogP contribution >= 0.6 is 0 Å². The SMILES string of the molecule is CC(C)c1cccc([C](c2ccccc2)c2ccccc2)c1. The average Bonchev–Trinajstić information content (AvgIpc) is 2.57. The van der Waals surface area contributed by atoms with Gasteiger partial charge in [-0.05, 0) is 28.2 Å².